The maximum atomic E-state index is 14.2. The van der Waals surface area contributed by atoms with E-state index >= 15 is 0 Å². The quantitative estimate of drug-likeness (QED) is 0.871. The van der Waals surface area contributed by atoms with Crippen LogP contribution in [0.2, 0.25) is 0 Å². The van der Waals surface area contributed by atoms with Gasteiger partial charge in [-0.25, -0.2) is 4.39 Å². The van der Waals surface area contributed by atoms with Gasteiger partial charge in [0.05, 0.1) is 17.3 Å². The Morgan fingerprint density at radius 2 is 2.00 bits per heavy atom. The topological polar surface area (TPSA) is 53.0 Å². The van der Waals surface area contributed by atoms with E-state index in [4.69, 9.17) is 11.0 Å². The largest absolute Gasteiger partial charge is 0.399 e. The van der Waals surface area contributed by atoms with Gasteiger partial charge in [-0.05, 0) is 49.7 Å². The van der Waals surface area contributed by atoms with Gasteiger partial charge in [-0.2, -0.15) is 5.26 Å². The number of nitrogen functional groups attached to an aromatic ring is 1. The zero-order valence-electron chi connectivity index (χ0n) is 12.2. The van der Waals surface area contributed by atoms with E-state index in [2.05, 4.69) is 0 Å². The zero-order valence-corrected chi connectivity index (χ0v) is 12.2. The fourth-order valence-corrected chi connectivity index (χ4v) is 2.24. The fraction of sp³-hybridized carbons (Fsp3) is 0.235. The van der Waals surface area contributed by atoms with Crippen molar-refractivity contribution < 1.29 is 4.39 Å². The van der Waals surface area contributed by atoms with Crippen molar-refractivity contribution in [2.24, 2.45) is 0 Å². The van der Waals surface area contributed by atoms with Gasteiger partial charge in [0.2, 0.25) is 0 Å². The van der Waals surface area contributed by atoms with Crippen molar-refractivity contribution in [1.29, 1.82) is 5.26 Å². The van der Waals surface area contributed by atoms with Gasteiger partial charge in [-0.1, -0.05) is 12.1 Å². The molecule has 0 bridgehead atoms. The summed E-state index contributed by atoms with van der Waals surface area (Å²) in [5.74, 6) is -0.383. The molecule has 0 saturated carbocycles. The number of hydrogen-bond donors (Lipinski definition) is 1. The SMILES string of the molecule is CC(C)N(Cc1cccc(N)c1)c1ccc(C#N)cc1F. The van der Waals surface area contributed by atoms with Gasteiger partial charge in [-0.3, -0.25) is 0 Å². The van der Waals surface area contributed by atoms with Gasteiger partial charge in [0.25, 0.3) is 0 Å². The van der Waals surface area contributed by atoms with Gasteiger partial charge >= 0.3 is 0 Å². The highest BCUT2D eigenvalue weighted by Crippen LogP contribution is 2.25. The number of nitrogens with two attached hydrogens (primary N) is 1. The summed E-state index contributed by atoms with van der Waals surface area (Å²) in [7, 11) is 0. The molecule has 108 valence electrons. The second-order valence-corrected chi connectivity index (χ2v) is 5.24. The summed E-state index contributed by atoms with van der Waals surface area (Å²) < 4.78 is 14.2. The Kier molecular flexibility index (Phi) is 4.44. The van der Waals surface area contributed by atoms with Gasteiger partial charge in [0.15, 0.2) is 0 Å². The molecule has 3 nitrogen and oxygen atoms in total. The molecule has 0 heterocycles. The highest BCUT2D eigenvalue weighted by atomic mass is 19.1. The summed E-state index contributed by atoms with van der Waals surface area (Å²) in [5, 5.41) is 8.82. The van der Waals surface area contributed by atoms with Gasteiger partial charge < -0.3 is 10.6 Å². The molecule has 0 aromatic heterocycles. The smallest absolute Gasteiger partial charge is 0.147 e. The van der Waals surface area contributed by atoms with Crippen LogP contribution in [0.4, 0.5) is 15.8 Å². The Morgan fingerprint density at radius 3 is 2.57 bits per heavy atom. The average Bonchev–Trinajstić information content (AvgIpc) is 2.45. The molecule has 2 aromatic carbocycles. The Bertz CT molecular complexity index is 674. The van der Waals surface area contributed by atoms with E-state index in [1.54, 1.807) is 12.1 Å². The molecule has 2 N–H and O–H groups in total. The average molecular weight is 283 g/mol. The molecule has 0 aliphatic rings. The van der Waals surface area contributed by atoms with E-state index < -0.39 is 0 Å². The first-order valence-corrected chi connectivity index (χ1v) is 6.82. The number of hydrogen-bond acceptors (Lipinski definition) is 3. The molecule has 4 heteroatoms. The number of halogens is 1. The van der Waals surface area contributed by atoms with Crippen molar-refractivity contribution in [1.82, 2.24) is 0 Å². The van der Waals surface area contributed by atoms with E-state index in [1.807, 2.05) is 49.1 Å². The fourth-order valence-electron chi connectivity index (χ4n) is 2.24. The van der Waals surface area contributed by atoms with Crippen molar-refractivity contribution in [3.05, 3.63) is 59.4 Å². The maximum absolute atomic E-state index is 14.2. The highest BCUT2D eigenvalue weighted by Gasteiger charge is 2.16. The first-order valence-electron chi connectivity index (χ1n) is 6.82. The molecule has 0 radical (unpaired) electrons. The molecule has 0 aliphatic heterocycles. The van der Waals surface area contributed by atoms with Crippen molar-refractivity contribution in [3.8, 4) is 6.07 Å². The first kappa shape index (κ1) is 14.9. The number of anilines is 2. The van der Waals surface area contributed by atoms with Crippen LogP contribution in [0, 0.1) is 17.1 Å². The summed E-state index contributed by atoms with van der Waals surface area (Å²) in [5.41, 5.74) is 8.32. The van der Waals surface area contributed by atoms with E-state index in [0.717, 1.165) is 5.56 Å². The van der Waals surface area contributed by atoms with Crippen LogP contribution in [0.1, 0.15) is 25.0 Å². The molecule has 0 aliphatic carbocycles. The lowest BCUT2D eigenvalue weighted by Crippen LogP contribution is -2.31. The van der Waals surface area contributed by atoms with Crippen molar-refractivity contribution in [2.45, 2.75) is 26.4 Å². The normalized spacial score (nSPS) is 10.4. The van der Waals surface area contributed by atoms with E-state index in [9.17, 15) is 4.39 Å². The molecule has 0 saturated heterocycles. The van der Waals surface area contributed by atoms with Crippen LogP contribution in [0.25, 0.3) is 0 Å². The second-order valence-electron chi connectivity index (χ2n) is 5.24. The van der Waals surface area contributed by atoms with Gasteiger partial charge in [0, 0.05) is 18.3 Å². The molecular formula is C17H18FN3. The van der Waals surface area contributed by atoms with Crippen molar-refractivity contribution >= 4 is 11.4 Å². The number of nitriles is 1. The van der Waals surface area contributed by atoms with E-state index in [1.165, 1.54) is 6.07 Å². The molecule has 0 atom stereocenters. The first-order chi connectivity index (χ1) is 10.0. The highest BCUT2D eigenvalue weighted by molar-refractivity contribution is 5.53. The third-order valence-electron chi connectivity index (χ3n) is 3.31. The van der Waals surface area contributed by atoms with E-state index in [0.29, 0.717) is 23.5 Å². The summed E-state index contributed by atoms with van der Waals surface area (Å²) in [6, 6.07) is 14.2. The summed E-state index contributed by atoms with van der Waals surface area (Å²) in [4.78, 5) is 1.95. The predicted molar refractivity (Wildman–Crippen MR) is 83.3 cm³/mol. The van der Waals surface area contributed by atoms with Crippen molar-refractivity contribution in [2.75, 3.05) is 10.6 Å². The van der Waals surface area contributed by atoms with Crippen LogP contribution in [-0.2, 0) is 6.54 Å². The van der Waals surface area contributed by atoms with Gasteiger partial charge in [0.1, 0.15) is 5.82 Å². The van der Waals surface area contributed by atoms with Crippen LogP contribution in [0.3, 0.4) is 0 Å². The molecule has 0 fully saturated rings. The number of benzene rings is 2. The van der Waals surface area contributed by atoms with Crippen LogP contribution < -0.4 is 10.6 Å². The predicted octanol–water partition coefficient (Wildman–Crippen LogP) is 3.69. The van der Waals surface area contributed by atoms with Crippen LogP contribution in [0.5, 0.6) is 0 Å². The van der Waals surface area contributed by atoms with E-state index in [-0.39, 0.29) is 11.9 Å². The Labute approximate surface area is 124 Å². The van der Waals surface area contributed by atoms with Crippen molar-refractivity contribution in [3.63, 3.8) is 0 Å². The number of nitrogens with zero attached hydrogens (tertiary/aromatic N) is 2. The Morgan fingerprint density at radius 1 is 1.24 bits per heavy atom. The second kappa shape index (κ2) is 6.27. The molecule has 0 amide bonds. The van der Waals surface area contributed by atoms with Crippen LogP contribution >= 0.6 is 0 Å². The van der Waals surface area contributed by atoms with Gasteiger partial charge in [-0.15, -0.1) is 0 Å². The molecule has 2 rings (SSSR count). The molecule has 0 spiro atoms. The number of rotatable bonds is 4. The Balaban J connectivity index is 2.34. The lowest BCUT2D eigenvalue weighted by Gasteiger charge is -2.29. The monoisotopic (exact) mass is 283 g/mol. The zero-order chi connectivity index (χ0) is 15.4. The maximum Gasteiger partial charge on any atom is 0.147 e. The molecule has 21 heavy (non-hydrogen) atoms. The lowest BCUT2D eigenvalue weighted by molar-refractivity contribution is 0.598. The standard InChI is InChI=1S/C17H18FN3/c1-12(2)21(11-14-4-3-5-15(20)8-14)17-7-6-13(10-19)9-16(17)18/h3-9,12H,11,20H2,1-2H3. The summed E-state index contributed by atoms with van der Waals surface area (Å²) >= 11 is 0. The van der Waals surface area contributed by atoms with Crippen LogP contribution in [0.15, 0.2) is 42.5 Å². The third-order valence-corrected chi connectivity index (χ3v) is 3.31. The molecular weight excluding hydrogens is 265 g/mol. The molecule has 0 unspecified atom stereocenters. The minimum atomic E-state index is -0.383. The minimum absolute atomic E-state index is 0.119. The molecule has 2 aromatic rings. The van der Waals surface area contributed by atoms with Crippen LogP contribution in [-0.4, -0.2) is 6.04 Å². The third kappa shape index (κ3) is 3.51. The lowest BCUT2D eigenvalue weighted by atomic mass is 10.1. The Hall–Kier alpha value is -2.54. The summed E-state index contributed by atoms with van der Waals surface area (Å²) in [6.45, 7) is 4.57. The summed E-state index contributed by atoms with van der Waals surface area (Å²) in [6.07, 6.45) is 0. The minimum Gasteiger partial charge on any atom is -0.399 e.